The molecule has 2 aliphatic heterocycles. The molecule has 0 radical (unpaired) electrons. The Kier molecular flexibility index (Phi) is 3.06. The summed E-state index contributed by atoms with van der Waals surface area (Å²) in [5.41, 5.74) is -0.315. The van der Waals surface area contributed by atoms with Gasteiger partial charge in [0.2, 0.25) is 5.91 Å². The zero-order valence-electron chi connectivity index (χ0n) is 11.4. The molecule has 3 rings (SSSR count). The third kappa shape index (κ3) is 1.95. The number of aromatic nitrogens is 2. The predicted octanol–water partition coefficient (Wildman–Crippen LogP) is 0.00900. The SMILES string of the molecule is CN(C(=O)[C@@]12CCOC[C@@H]1CNC2)c1ccn(C)n1. The number of anilines is 1. The fourth-order valence-corrected chi connectivity index (χ4v) is 3.18. The highest BCUT2D eigenvalue weighted by Gasteiger charge is 2.52. The van der Waals surface area contributed by atoms with Crippen molar-refractivity contribution in [1.82, 2.24) is 15.1 Å². The maximum absolute atomic E-state index is 12.9. The Bertz CT molecular complexity index is 487. The number of nitrogens with zero attached hydrogens (tertiary/aromatic N) is 3. The minimum absolute atomic E-state index is 0.157. The first-order valence-corrected chi connectivity index (χ1v) is 6.70. The van der Waals surface area contributed by atoms with Gasteiger partial charge in [0.15, 0.2) is 5.82 Å². The van der Waals surface area contributed by atoms with Gasteiger partial charge >= 0.3 is 0 Å². The van der Waals surface area contributed by atoms with Gasteiger partial charge in [0.25, 0.3) is 0 Å². The van der Waals surface area contributed by atoms with Crippen LogP contribution in [0.4, 0.5) is 5.82 Å². The second kappa shape index (κ2) is 4.61. The van der Waals surface area contributed by atoms with Gasteiger partial charge in [-0.2, -0.15) is 5.10 Å². The smallest absolute Gasteiger partial charge is 0.235 e. The molecule has 3 heterocycles. The number of carbonyl (C=O) groups excluding carboxylic acids is 1. The van der Waals surface area contributed by atoms with E-state index in [9.17, 15) is 4.79 Å². The number of carbonyl (C=O) groups is 1. The molecule has 6 nitrogen and oxygen atoms in total. The van der Waals surface area contributed by atoms with E-state index >= 15 is 0 Å². The zero-order chi connectivity index (χ0) is 13.5. The summed E-state index contributed by atoms with van der Waals surface area (Å²) in [6.45, 7) is 2.95. The number of nitrogens with one attached hydrogen (secondary N) is 1. The van der Waals surface area contributed by atoms with E-state index in [1.54, 1.807) is 9.58 Å². The number of fused-ring (bicyclic) bond motifs is 1. The second-order valence-electron chi connectivity index (χ2n) is 5.52. The average molecular weight is 264 g/mol. The van der Waals surface area contributed by atoms with Crippen molar-refractivity contribution >= 4 is 11.7 Å². The third-order valence-electron chi connectivity index (χ3n) is 4.40. The molecule has 0 bridgehead atoms. The van der Waals surface area contributed by atoms with Gasteiger partial charge in [-0.05, 0) is 6.42 Å². The first kappa shape index (κ1) is 12.6. The van der Waals surface area contributed by atoms with Crippen LogP contribution in [0.1, 0.15) is 6.42 Å². The van der Waals surface area contributed by atoms with E-state index in [0.717, 1.165) is 19.5 Å². The number of hydrogen-bond acceptors (Lipinski definition) is 4. The van der Waals surface area contributed by atoms with Gasteiger partial charge < -0.3 is 10.1 Å². The van der Waals surface area contributed by atoms with Crippen molar-refractivity contribution < 1.29 is 9.53 Å². The van der Waals surface area contributed by atoms with Gasteiger partial charge in [0.05, 0.1) is 12.0 Å². The highest BCUT2D eigenvalue weighted by Crippen LogP contribution is 2.40. The molecule has 1 N–H and O–H groups in total. The Hall–Kier alpha value is -1.40. The lowest BCUT2D eigenvalue weighted by molar-refractivity contribution is -0.135. The Labute approximate surface area is 112 Å². The highest BCUT2D eigenvalue weighted by atomic mass is 16.5. The fourth-order valence-electron chi connectivity index (χ4n) is 3.18. The lowest BCUT2D eigenvalue weighted by Gasteiger charge is -2.39. The van der Waals surface area contributed by atoms with Gasteiger partial charge in [0.1, 0.15) is 0 Å². The number of ether oxygens (including phenoxy) is 1. The maximum atomic E-state index is 12.9. The summed E-state index contributed by atoms with van der Waals surface area (Å²) in [7, 11) is 3.67. The molecule has 2 aliphatic rings. The van der Waals surface area contributed by atoms with Crippen LogP contribution in [0.5, 0.6) is 0 Å². The molecule has 2 fully saturated rings. The summed E-state index contributed by atoms with van der Waals surface area (Å²) in [4.78, 5) is 14.6. The molecule has 2 atom stereocenters. The number of aryl methyl sites for hydroxylation is 1. The molecule has 0 aliphatic carbocycles. The van der Waals surface area contributed by atoms with Crippen molar-refractivity contribution in [3.05, 3.63) is 12.3 Å². The molecule has 0 spiro atoms. The summed E-state index contributed by atoms with van der Waals surface area (Å²) >= 11 is 0. The van der Waals surface area contributed by atoms with Crippen LogP contribution in [-0.2, 0) is 16.6 Å². The molecule has 0 saturated carbocycles. The summed E-state index contributed by atoms with van der Waals surface area (Å²) in [6, 6.07) is 1.87. The minimum atomic E-state index is -0.315. The third-order valence-corrected chi connectivity index (χ3v) is 4.40. The Morgan fingerprint density at radius 2 is 2.53 bits per heavy atom. The fraction of sp³-hybridized carbons (Fsp3) is 0.692. The highest BCUT2D eigenvalue weighted by molar-refractivity contribution is 5.97. The lowest BCUT2D eigenvalue weighted by atomic mass is 9.73. The minimum Gasteiger partial charge on any atom is -0.381 e. The van der Waals surface area contributed by atoms with E-state index in [2.05, 4.69) is 10.4 Å². The van der Waals surface area contributed by atoms with E-state index in [0.29, 0.717) is 19.0 Å². The van der Waals surface area contributed by atoms with Crippen LogP contribution in [-0.4, -0.2) is 49.0 Å². The summed E-state index contributed by atoms with van der Waals surface area (Å²) in [5, 5.41) is 7.65. The average Bonchev–Trinajstić information content (AvgIpc) is 3.03. The van der Waals surface area contributed by atoms with Crippen LogP contribution in [0, 0.1) is 11.3 Å². The Balaban J connectivity index is 1.86. The standard InChI is InChI=1S/C13H20N4O2/c1-16-5-3-11(15-16)17(2)12(18)13-4-6-19-8-10(13)7-14-9-13/h3,5,10,14H,4,6-9H2,1-2H3/t10-,13+/m0/s1. The van der Waals surface area contributed by atoms with Gasteiger partial charge in [-0.15, -0.1) is 0 Å². The van der Waals surface area contributed by atoms with Gasteiger partial charge in [-0.1, -0.05) is 0 Å². The van der Waals surface area contributed by atoms with Crippen molar-refractivity contribution in [3.8, 4) is 0 Å². The van der Waals surface area contributed by atoms with Crippen molar-refractivity contribution in [2.75, 3.05) is 38.3 Å². The summed E-state index contributed by atoms with van der Waals surface area (Å²) in [5.74, 6) is 1.14. The van der Waals surface area contributed by atoms with Crippen LogP contribution >= 0.6 is 0 Å². The molecular formula is C13H20N4O2. The molecule has 19 heavy (non-hydrogen) atoms. The quantitative estimate of drug-likeness (QED) is 0.817. The Morgan fingerprint density at radius 1 is 1.68 bits per heavy atom. The molecule has 1 aromatic rings. The van der Waals surface area contributed by atoms with Crippen molar-refractivity contribution in [3.63, 3.8) is 0 Å². The van der Waals surface area contributed by atoms with Crippen LogP contribution in [0.3, 0.4) is 0 Å². The molecule has 0 aromatic carbocycles. The monoisotopic (exact) mass is 264 g/mol. The molecule has 2 saturated heterocycles. The summed E-state index contributed by atoms with van der Waals surface area (Å²) < 4.78 is 7.23. The molecular weight excluding hydrogens is 244 g/mol. The molecule has 6 heteroatoms. The normalized spacial score (nSPS) is 30.1. The Morgan fingerprint density at radius 3 is 3.26 bits per heavy atom. The molecule has 104 valence electrons. The van der Waals surface area contributed by atoms with Crippen molar-refractivity contribution in [2.45, 2.75) is 6.42 Å². The first-order chi connectivity index (χ1) is 9.13. The number of amides is 1. The molecule has 1 aromatic heterocycles. The lowest BCUT2D eigenvalue weighted by Crippen LogP contribution is -2.51. The van der Waals surface area contributed by atoms with Crippen molar-refractivity contribution in [2.24, 2.45) is 18.4 Å². The van der Waals surface area contributed by atoms with E-state index in [1.165, 1.54) is 0 Å². The zero-order valence-corrected chi connectivity index (χ0v) is 11.4. The van der Waals surface area contributed by atoms with Crippen LogP contribution in [0.2, 0.25) is 0 Å². The predicted molar refractivity (Wildman–Crippen MR) is 70.8 cm³/mol. The van der Waals surface area contributed by atoms with E-state index in [4.69, 9.17) is 4.74 Å². The van der Waals surface area contributed by atoms with Gasteiger partial charge in [-0.25, -0.2) is 0 Å². The van der Waals surface area contributed by atoms with Gasteiger partial charge in [0, 0.05) is 52.0 Å². The molecule has 1 amide bonds. The van der Waals surface area contributed by atoms with Gasteiger partial charge in [-0.3, -0.25) is 14.4 Å². The maximum Gasteiger partial charge on any atom is 0.235 e. The largest absolute Gasteiger partial charge is 0.381 e. The van der Waals surface area contributed by atoms with E-state index in [1.807, 2.05) is 26.4 Å². The summed E-state index contributed by atoms with van der Waals surface area (Å²) in [6.07, 6.45) is 2.64. The van der Waals surface area contributed by atoms with Crippen LogP contribution in [0.15, 0.2) is 12.3 Å². The number of rotatable bonds is 2. The second-order valence-corrected chi connectivity index (χ2v) is 5.52. The van der Waals surface area contributed by atoms with E-state index in [-0.39, 0.29) is 17.2 Å². The van der Waals surface area contributed by atoms with Crippen molar-refractivity contribution in [1.29, 1.82) is 0 Å². The van der Waals surface area contributed by atoms with Crippen LogP contribution in [0.25, 0.3) is 0 Å². The number of hydrogen-bond donors (Lipinski definition) is 1. The molecule has 0 unspecified atom stereocenters. The first-order valence-electron chi connectivity index (χ1n) is 6.70. The van der Waals surface area contributed by atoms with E-state index < -0.39 is 0 Å². The van der Waals surface area contributed by atoms with Crippen LogP contribution < -0.4 is 10.2 Å². The topological polar surface area (TPSA) is 59.4 Å².